The van der Waals surface area contributed by atoms with Crippen molar-refractivity contribution in [2.75, 3.05) is 53.0 Å². The highest BCUT2D eigenvalue weighted by Crippen LogP contribution is 2.34. The maximum atomic E-state index is 12.5. The van der Waals surface area contributed by atoms with Crippen molar-refractivity contribution < 1.29 is 19.1 Å². The number of hydrogen-bond donors (Lipinski definition) is 2. The molecule has 1 saturated carbocycles. The van der Waals surface area contributed by atoms with Gasteiger partial charge in [-0.15, -0.1) is 0 Å². The molecule has 10 heteroatoms. The van der Waals surface area contributed by atoms with E-state index >= 15 is 0 Å². The number of ether oxygens (including phenoxy) is 2. The molecule has 0 unspecified atom stereocenters. The molecule has 2 saturated heterocycles. The van der Waals surface area contributed by atoms with Crippen molar-refractivity contribution in [2.24, 2.45) is 10.9 Å². The van der Waals surface area contributed by atoms with Gasteiger partial charge in [-0.25, -0.2) is 9.79 Å². The number of hydrogen-bond acceptors (Lipinski definition) is 7. The van der Waals surface area contributed by atoms with Crippen LogP contribution < -0.4 is 10.6 Å². The number of nitriles is 1. The van der Waals surface area contributed by atoms with Crippen LogP contribution in [0.4, 0.5) is 4.79 Å². The van der Waals surface area contributed by atoms with E-state index in [0.717, 1.165) is 32.4 Å². The van der Waals surface area contributed by atoms with Gasteiger partial charge >= 0.3 is 6.09 Å². The SMILES string of the molecule is C[C@H](N=C(NC(=O)OCCC1CCN(C)CC1)N1CCOCC1)C(=O)NC1(C#N)CC1. The Hall–Kier alpha value is -2.38. The Labute approximate surface area is 183 Å². The molecule has 2 N–H and O–H groups in total. The maximum Gasteiger partial charge on any atom is 0.413 e. The van der Waals surface area contributed by atoms with Crippen LogP contribution in [0.1, 0.15) is 39.0 Å². The Bertz CT molecular complexity index is 703. The predicted molar refractivity (Wildman–Crippen MR) is 114 cm³/mol. The molecule has 0 radical (unpaired) electrons. The van der Waals surface area contributed by atoms with Crippen LogP contribution in [0.25, 0.3) is 0 Å². The van der Waals surface area contributed by atoms with Gasteiger partial charge in [0.05, 0.1) is 25.9 Å². The van der Waals surface area contributed by atoms with Crippen molar-refractivity contribution in [1.82, 2.24) is 20.4 Å². The third-order valence-electron chi connectivity index (χ3n) is 6.14. The summed E-state index contributed by atoms with van der Waals surface area (Å²) in [4.78, 5) is 33.5. The first-order valence-corrected chi connectivity index (χ1v) is 11.2. The first-order valence-electron chi connectivity index (χ1n) is 11.2. The lowest BCUT2D eigenvalue weighted by atomic mass is 9.94. The van der Waals surface area contributed by atoms with Gasteiger partial charge in [0.2, 0.25) is 11.9 Å². The minimum Gasteiger partial charge on any atom is -0.449 e. The lowest BCUT2D eigenvalue weighted by Gasteiger charge is -2.30. The number of likely N-dealkylation sites (tertiary alicyclic amines) is 1. The van der Waals surface area contributed by atoms with Gasteiger partial charge in [-0.2, -0.15) is 5.26 Å². The van der Waals surface area contributed by atoms with Gasteiger partial charge in [0.15, 0.2) is 0 Å². The second kappa shape index (κ2) is 10.8. The second-order valence-corrected chi connectivity index (χ2v) is 8.71. The summed E-state index contributed by atoms with van der Waals surface area (Å²) in [6, 6.07) is 1.39. The molecule has 10 nitrogen and oxygen atoms in total. The topological polar surface area (TPSA) is 119 Å². The summed E-state index contributed by atoms with van der Waals surface area (Å²) in [6.07, 6.45) is 3.84. The van der Waals surface area contributed by atoms with E-state index in [1.54, 1.807) is 6.92 Å². The molecular formula is C21H34N6O4. The smallest absolute Gasteiger partial charge is 0.413 e. The molecule has 0 bridgehead atoms. The molecule has 3 aliphatic rings. The monoisotopic (exact) mass is 434 g/mol. The highest BCUT2D eigenvalue weighted by atomic mass is 16.5. The second-order valence-electron chi connectivity index (χ2n) is 8.71. The van der Waals surface area contributed by atoms with E-state index in [9.17, 15) is 14.9 Å². The molecule has 0 aromatic carbocycles. The van der Waals surface area contributed by atoms with E-state index in [1.165, 1.54) is 0 Å². The molecule has 1 aliphatic carbocycles. The van der Waals surface area contributed by atoms with Gasteiger partial charge in [-0.3, -0.25) is 10.1 Å². The van der Waals surface area contributed by atoms with Crippen LogP contribution in [0.5, 0.6) is 0 Å². The summed E-state index contributed by atoms with van der Waals surface area (Å²) in [6.45, 7) is 6.33. The maximum absolute atomic E-state index is 12.5. The van der Waals surface area contributed by atoms with Gasteiger partial charge in [0.1, 0.15) is 11.6 Å². The number of carbonyl (C=O) groups is 2. The molecule has 0 aromatic heterocycles. The molecule has 2 aliphatic heterocycles. The van der Waals surface area contributed by atoms with Crippen LogP contribution in [0, 0.1) is 17.2 Å². The fourth-order valence-electron chi connectivity index (χ4n) is 3.74. The first-order chi connectivity index (χ1) is 14.9. The molecule has 3 fully saturated rings. The average Bonchev–Trinajstić information content (AvgIpc) is 3.55. The van der Waals surface area contributed by atoms with Crippen molar-refractivity contribution in [3.8, 4) is 6.07 Å². The highest BCUT2D eigenvalue weighted by Gasteiger charge is 2.45. The fourth-order valence-corrected chi connectivity index (χ4v) is 3.74. The van der Waals surface area contributed by atoms with Gasteiger partial charge in [-0.1, -0.05) is 0 Å². The predicted octanol–water partition coefficient (Wildman–Crippen LogP) is 0.694. The molecule has 2 amide bonds. The van der Waals surface area contributed by atoms with E-state index in [4.69, 9.17) is 9.47 Å². The number of morpholine rings is 1. The minimum atomic E-state index is -0.750. The molecule has 2 heterocycles. The number of amides is 2. The van der Waals surface area contributed by atoms with Crippen LogP contribution in [-0.4, -0.2) is 92.4 Å². The fraction of sp³-hybridized carbons (Fsp3) is 0.810. The Morgan fingerprint density at radius 3 is 2.55 bits per heavy atom. The van der Waals surface area contributed by atoms with Crippen LogP contribution in [0.3, 0.4) is 0 Å². The zero-order valence-electron chi connectivity index (χ0n) is 18.6. The lowest BCUT2D eigenvalue weighted by Crippen LogP contribution is -2.50. The summed E-state index contributed by atoms with van der Waals surface area (Å²) in [5, 5.41) is 14.7. The van der Waals surface area contributed by atoms with Crippen LogP contribution in [0.2, 0.25) is 0 Å². The lowest BCUT2D eigenvalue weighted by molar-refractivity contribution is -0.122. The van der Waals surface area contributed by atoms with E-state index in [-0.39, 0.29) is 5.91 Å². The number of rotatable bonds is 6. The van der Waals surface area contributed by atoms with Crippen LogP contribution >= 0.6 is 0 Å². The Balaban J connectivity index is 1.52. The molecule has 0 spiro atoms. The standard InChI is InChI=1S/C21H34N6O4/c1-16(18(28)25-21(15-22)6-7-21)23-19(27-10-13-30-14-11-27)24-20(29)31-12-5-17-3-8-26(2)9-4-17/h16-17H,3-14H2,1-2H3,(H,25,28)(H,23,24,29)/t16-/m0/s1. The summed E-state index contributed by atoms with van der Waals surface area (Å²) in [7, 11) is 2.12. The number of aliphatic imine (C=N–C) groups is 1. The summed E-state index contributed by atoms with van der Waals surface area (Å²) in [5.74, 6) is 0.550. The number of piperidine rings is 1. The highest BCUT2D eigenvalue weighted by molar-refractivity contribution is 5.96. The molecule has 0 aromatic rings. The number of guanidine groups is 1. The molecule has 31 heavy (non-hydrogen) atoms. The zero-order chi connectivity index (χ0) is 22.3. The number of nitrogens with one attached hydrogen (secondary N) is 2. The Kier molecular flexibility index (Phi) is 8.09. The summed E-state index contributed by atoms with van der Waals surface area (Å²) in [5.41, 5.74) is -0.750. The first kappa shape index (κ1) is 23.3. The van der Waals surface area contributed by atoms with Crippen molar-refractivity contribution in [1.29, 1.82) is 5.26 Å². The average molecular weight is 435 g/mol. The zero-order valence-corrected chi connectivity index (χ0v) is 18.6. The Morgan fingerprint density at radius 2 is 1.94 bits per heavy atom. The van der Waals surface area contributed by atoms with Gasteiger partial charge < -0.3 is 24.6 Å². The summed E-state index contributed by atoms with van der Waals surface area (Å²) < 4.78 is 10.8. The van der Waals surface area contributed by atoms with Crippen LogP contribution in [-0.2, 0) is 14.3 Å². The number of nitrogens with zero attached hydrogens (tertiary/aromatic N) is 4. The summed E-state index contributed by atoms with van der Waals surface area (Å²) >= 11 is 0. The largest absolute Gasteiger partial charge is 0.449 e. The van der Waals surface area contributed by atoms with Crippen molar-refractivity contribution in [3.63, 3.8) is 0 Å². The molecule has 3 rings (SSSR count). The van der Waals surface area contributed by atoms with Crippen LogP contribution in [0.15, 0.2) is 4.99 Å². The number of carbonyl (C=O) groups excluding carboxylic acids is 2. The third-order valence-corrected chi connectivity index (χ3v) is 6.14. The van der Waals surface area contributed by atoms with E-state index < -0.39 is 17.7 Å². The minimum absolute atomic E-state index is 0.303. The molecule has 1 atom stereocenters. The van der Waals surface area contributed by atoms with Gasteiger partial charge in [0.25, 0.3) is 0 Å². The third kappa shape index (κ3) is 7.08. The van der Waals surface area contributed by atoms with Crippen molar-refractivity contribution in [2.45, 2.75) is 50.6 Å². The quantitative estimate of drug-likeness (QED) is 0.466. The van der Waals surface area contributed by atoms with E-state index in [2.05, 4.69) is 33.6 Å². The van der Waals surface area contributed by atoms with Crippen molar-refractivity contribution >= 4 is 18.0 Å². The van der Waals surface area contributed by atoms with E-state index in [0.29, 0.717) is 57.6 Å². The van der Waals surface area contributed by atoms with Gasteiger partial charge in [0, 0.05) is 13.1 Å². The molecular weight excluding hydrogens is 400 g/mol. The van der Waals surface area contributed by atoms with E-state index in [1.807, 2.05) is 4.90 Å². The normalized spacial score (nSPS) is 22.9. The van der Waals surface area contributed by atoms with Gasteiger partial charge in [-0.05, 0) is 65.1 Å². The molecule has 172 valence electrons. The van der Waals surface area contributed by atoms with Crippen molar-refractivity contribution in [3.05, 3.63) is 0 Å². The number of alkyl carbamates (subject to hydrolysis) is 1. The Morgan fingerprint density at radius 1 is 1.26 bits per heavy atom.